The van der Waals surface area contributed by atoms with Crippen LogP contribution in [-0.2, 0) is 23.1 Å². The van der Waals surface area contributed by atoms with Gasteiger partial charge in [-0.2, -0.15) is 149 Å². The van der Waals surface area contributed by atoms with Gasteiger partial charge >= 0.3 is 95.3 Å². The van der Waals surface area contributed by atoms with Crippen molar-refractivity contribution in [2.75, 3.05) is 60.7 Å². The fourth-order valence-corrected chi connectivity index (χ4v) is 5.50. The Kier molecular flexibility index (Phi) is 22.0. The number of rotatable bonds is 32. The molecule has 42 heteroatoms. The largest absolute Gasteiger partial charge is 0.756 e. The van der Waals surface area contributed by atoms with Crippen LogP contribution in [0.2, 0.25) is 0 Å². The lowest BCUT2D eigenvalue weighted by Gasteiger charge is -2.42. The van der Waals surface area contributed by atoms with Gasteiger partial charge in [-0.15, -0.1) is 0 Å². The fraction of sp³-hybridized carbons (Fsp3) is 0.882. The summed E-state index contributed by atoms with van der Waals surface area (Å²) in [5.74, 6) is -117. The van der Waals surface area contributed by atoms with Crippen molar-refractivity contribution in [3.05, 3.63) is 24.3 Å². The van der Waals surface area contributed by atoms with E-state index in [9.17, 15) is 159 Å². The predicted molar refractivity (Wildman–Crippen MR) is 181 cm³/mol. The molecule has 0 radical (unpaired) electrons. The summed E-state index contributed by atoms with van der Waals surface area (Å²) in [5.41, 5.74) is 0. The highest BCUT2D eigenvalue weighted by Crippen LogP contribution is 2.66. The number of quaternary nitrogens is 1. The smallest absolute Gasteiger partial charge is 0.460 e. The van der Waals surface area contributed by atoms with Gasteiger partial charge in [0.2, 0.25) is 0 Å². The molecule has 0 bridgehead atoms. The Morgan fingerprint density at radius 3 is 1.00 bits per heavy atom. The summed E-state index contributed by atoms with van der Waals surface area (Å²) in [6.45, 7) is -5.00. The van der Waals surface area contributed by atoms with Crippen LogP contribution < -0.4 is 4.89 Å². The molecule has 0 saturated heterocycles. The lowest BCUT2D eigenvalue weighted by molar-refractivity contribution is -0.870. The van der Waals surface area contributed by atoms with Crippen LogP contribution in [0.5, 0.6) is 0 Å². The van der Waals surface area contributed by atoms with E-state index < -0.39 is 186 Å². The molecule has 0 rings (SSSR count). The third-order valence-electron chi connectivity index (χ3n) is 9.41. The number of hydrogen-bond donors (Lipinski definition) is 0. The van der Waals surface area contributed by atoms with Gasteiger partial charge < -0.3 is 27.9 Å². The number of alkyl halides is 34. The second-order valence-corrected chi connectivity index (χ2v) is 17.8. The summed E-state index contributed by atoms with van der Waals surface area (Å²) in [6, 6.07) is 0. The van der Waals surface area contributed by atoms with Crippen LogP contribution in [0.3, 0.4) is 0 Å². The summed E-state index contributed by atoms with van der Waals surface area (Å²) in [5, 5.41) is 0. The van der Waals surface area contributed by atoms with Gasteiger partial charge in [0.15, 0.2) is 0 Å². The Bertz CT molecular complexity index is 1990. The molecule has 0 aliphatic carbocycles. The van der Waals surface area contributed by atoms with Crippen molar-refractivity contribution >= 4 is 7.82 Å². The summed E-state index contributed by atoms with van der Waals surface area (Å²) in [7, 11) is -0.800. The highest BCUT2D eigenvalue weighted by molar-refractivity contribution is 7.45. The summed E-state index contributed by atoms with van der Waals surface area (Å²) >= 11 is 0. The van der Waals surface area contributed by atoms with E-state index in [1.54, 1.807) is 0 Å². The molecule has 0 aromatic rings. The lowest BCUT2D eigenvalue weighted by atomic mass is 9.89. The number of unbranched alkanes of at least 4 members (excludes halogenated alkanes) is 2. The molecular weight excluding hydrogens is 1200 g/mol. The fourth-order valence-electron chi connectivity index (χ4n) is 4.78. The molecule has 0 aliphatic heterocycles. The Morgan fingerprint density at radius 1 is 0.408 bits per heavy atom. The van der Waals surface area contributed by atoms with Gasteiger partial charge in [0, 0.05) is 13.2 Å². The number of phosphoric ester groups is 1. The Hall–Kier alpha value is -2.91. The summed E-state index contributed by atoms with van der Waals surface area (Å²) in [6.07, 6.45) is -25.9. The van der Waals surface area contributed by atoms with Gasteiger partial charge in [0.1, 0.15) is 19.3 Å². The minimum absolute atomic E-state index is 0.0465. The molecule has 0 heterocycles. The van der Waals surface area contributed by atoms with Crippen molar-refractivity contribution in [1.82, 2.24) is 0 Å². The van der Waals surface area contributed by atoms with Crippen molar-refractivity contribution in [3.8, 4) is 0 Å². The van der Waals surface area contributed by atoms with Crippen LogP contribution in [-0.4, -0.2) is 167 Å². The molecule has 0 aromatic heterocycles. The van der Waals surface area contributed by atoms with Gasteiger partial charge in [0.05, 0.1) is 34.4 Å². The maximum atomic E-state index is 14.2. The minimum Gasteiger partial charge on any atom is -0.756 e. The monoisotopic (exact) mass is 1230 g/mol. The molecule has 0 amide bonds. The van der Waals surface area contributed by atoms with Crippen molar-refractivity contribution in [2.24, 2.45) is 0 Å². The second-order valence-electron chi connectivity index (χ2n) is 16.4. The van der Waals surface area contributed by atoms with Gasteiger partial charge in [-0.3, -0.25) is 4.57 Å². The van der Waals surface area contributed by atoms with Crippen molar-refractivity contribution in [1.29, 1.82) is 0 Å². The van der Waals surface area contributed by atoms with E-state index in [0.717, 1.165) is 0 Å². The maximum Gasteiger partial charge on any atom is 0.460 e. The van der Waals surface area contributed by atoms with E-state index in [2.05, 4.69) is 9.05 Å². The van der Waals surface area contributed by atoms with E-state index in [1.807, 2.05) is 0 Å². The zero-order chi connectivity index (χ0) is 61.3. The molecule has 454 valence electrons. The minimum atomic E-state index is -8.89. The summed E-state index contributed by atoms with van der Waals surface area (Å²) in [4.78, 5) is 12.1. The Morgan fingerprint density at radius 2 is 0.697 bits per heavy atom. The molecule has 2 atom stereocenters. The maximum absolute atomic E-state index is 14.2. The molecule has 0 spiro atoms. The van der Waals surface area contributed by atoms with Crippen molar-refractivity contribution < 1.29 is 182 Å². The van der Waals surface area contributed by atoms with Crippen molar-refractivity contribution in [3.63, 3.8) is 0 Å². The van der Waals surface area contributed by atoms with Crippen LogP contribution in [0, 0.1) is 0 Å². The first-order chi connectivity index (χ1) is 33.0. The number of nitrogens with zero attached hydrogens (tertiary/aromatic N) is 1. The predicted octanol–water partition coefficient (Wildman–Crippen LogP) is 13.3. The first kappa shape index (κ1) is 73.1. The molecule has 7 nitrogen and oxygen atoms in total. The van der Waals surface area contributed by atoms with Crippen LogP contribution in [0.15, 0.2) is 24.3 Å². The van der Waals surface area contributed by atoms with Crippen LogP contribution in [0.1, 0.15) is 25.7 Å². The molecule has 76 heavy (non-hydrogen) atoms. The molecule has 0 fully saturated rings. The van der Waals surface area contributed by atoms with Gasteiger partial charge in [-0.05, 0) is 37.8 Å². The molecule has 0 N–H and O–H groups in total. The average molecular weight is 1230 g/mol. The van der Waals surface area contributed by atoms with E-state index >= 15 is 0 Å². The second kappa shape index (κ2) is 22.9. The quantitative estimate of drug-likeness (QED) is 0.0220. The van der Waals surface area contributed by atoms with E-state index in [1.165, 1.54) is 21.1 Å². The Labute approximate surface area is 402 Å². The number of halogens is 34. The first-order valence-electron chi connectivity index (χ1n) is 19.4. The van der Waals surface area contributed by atoms with E-state index in [0.29, 0.717) is 0 Å². The third kappa shape index (κ3) is 14.0. The standard InChI is InChI=1S/C34H34F34NO6P/c1-69(2,3)12-15-74-76(70,71)75-17-18(73-14-9-5-7-11-20(37,38)22(41,42)24(45,46)26(49,50)28(53,54)30(57,58)32(61,62)34(66,67)68)16-72-13-8-4-6-10-19(35,36)21(39,40)23(43,44)25(47,48)27(51,52)29(55,56)31(59,60)33(63,64)65/h6-7,10-11,18H,4-5,8-9,12-17H2,1-3H3/b10-6+,11-7+/t18-/m0/s1. The zero-order valence-corrected chi connectivity index (χ0v) is 38.0. The molecule has 0 saturated carbocycles. The number of phosphoric acid groups is 1. The SMILES string of the molecule is C[N+](C)(C)CCOP(=O)([O-])OC[C@H](COCCC/C=C/C(F)(F)C(F)(F)C(F)(F)C(F)(F)C(F)(F)C(F)(F)C(F)(F)C(F)(F)F)OCCC/C=C/C(F)(F)C(F)(F)C(F)(F)C(F)(F)C(F)(F)C(F)(F)C(F)(F)C(F)(F)F. The van der Waals surface area contributed by atoms with Gasteiger partial charge in [0.25, 0.3) is 7.82 Å². The van der Waals surface area contributed by atoms with Crippen LogP contribution in [0.4, 0.5) is 149 Å². The first-order valence-corrected chi connectivity index (χ1v) is 20.8. The molecule has 1 unspecified atom stereocenters. The highest BCUT2D eigenvalue weighted by atomic mass is 31.2. The molecule has 0 aromatic carbocycles. The van der Waals surface area contributed by atoms with Gasteiger partial charge in [-0.25, -0.2) is 0 Å². The van der Waals surface area contributed by atoms with E-state index in [-0.39, 0.29) is 17.1 Å². The van der Waals surface area contributed by atoms with Gasteiger partial charge in [-0.1, -0.05) is 12.2 Å². The van der Waals surface area contributed by atoms with E-state index in [4.69, 9.17) is 9.47 Å². The number of hydrogen-bond acceptors (Lipinski definition) is 6. The Balaban J connectivity index is 6.19. The third-order valence-corrected chi connectivity index (χ3v) is 10.4. The molecule has 0 aliphatic rings. The average Bonchev–Trinajstić information content (AvgIpc) is 3.20. The van der Waals surface area contributed by atoms with Crippen molar-refractivity contribution in [2.45, 2.75) is 127 Å². The lowest BCUT2D eigenvalue weighted by Crippen LogP contribution is -2.74. The normalized spacial score (nSPS) is 17.3. The number of allylic oxidation sites excluding steroid dienone is 4. The number of likely N-dealkylation sites (N-methyl/N-ethyl adjacent to an activating group) is 1. The molecular formula is C34H34F34NO6P. The van der Waals surface area contributed by atoms with Crippen LogP contribution >= 0.6 is 7.82 Å². The van der Waals surface area contributed by atoms with Crippen LogP contribution in [0.25, 0.3) is 0 Å². The summed E-state index contributed by atoms with van der Waals surface area (Å²) < 4.78 is 489. The topological polar surface area (TPSA) is 77.1 Å². The number of ether oxygens (including phenoxy) is 2. The highest BCUT2D eigenvalue weighted by Gasteiger charge is 2.96. The zero-order valence-electron chi connectivity index (χ0n) is 37.2.